The zero-order valence-corrected chi connectivity index (χ0v) is 6.78. The lowest BCUT2D eigenvalue weighted by Crippen LogP contribution is -2.23. The van der Waals surface area contributed by atoms with Crippen LogP contribution in [0.2, 0.25) is 0 Å². The molecule has 0 spiro atoms. The van der Waals surface area contributed by atoms with Crippen LogP contribution in [0, 0.1) is 5.41 Å². The molecule has 0 aromatic heterocycles. The summed E-state index contributed by atoms with van der Waals surface area (Å²) in [6.07, 6.45) is 0.876. The number of hydrogen-bond acceptors (Lipinski definition) is 2. The van der Waals surface area contributed by atoms with E-state index in [-0.39, 0.29) is 5.41 Å². The molecule has 0 aliphatic rings. The van der Waals surface area contributed by atoms with E-state index < -0.39 is 0 Å². The molecule has 0 unspecified atom stereocenters. The van der Waals surface area contributed by atoms with Crippen LogP contribution in [0.25, 0.3) is 0 Å². The van der Waals surface area contributed by atoms with E-state index in [9.17, 15) is 0 Å². The maximum absolute atomic E-state index is 5.62. The van der Waals surface area contributed by atoms with Gasteiger partial charge in [-0.05, 0) is 13.0 Å². The van der Waals surface area contributed by atoms with E-state index in [0.29, 0.717) is 12.2 Å². The summed E-state index contributed by atoms with van der Waals surface area (Å²) in [5.41, 5.74) is 14.3. The minimum Gasteiger partial charge on any atom is -0.395 e. The van der Waals surface area contributed by atoms with Crippen molar-refractivity contribution >= 4 is 0 Å². The van der Waals surface area contributed by atoms with E-state index in [4.69, 9.17) is 11.5 Å². The molecule has 0 atom stereocenters. The molecule has 2 heteroatoms. The van der Waals surface area contributed by atoms with Crippen molar-refractivity contribution in [1.29, 1.82) is 0 Å². The van der Waals surface area contributed by atoms with Crippen LogP contribution in [0.15, 0.2) is 18.0 Å². The van der Waals surface area contributed by atoms with Gasteiger partial charge in [0.1, 0.15) is 0 Å². The zero-order valence-electron chi connectivity index (χ0n) is 6.78. The molecule has 10 heavy (non-hydrogen) atoms. The summed E-state index contributed by atoms with van der Waals surface area (Å²) in [7, 11) is 0. The van der Waals surface area contributed by atoms with Crippen LogP contribution in [-0.4, -0.2) is 6.54 Å². The van der Waals surface area contributed by atoms with Gasteiger partial charge >= 0.3 is 0 Å². The molecular weight excluding hydrogens is 124 g/mol. The van der Waals surface area contributed by atoms with Gasteiger partial charge in [0, 0.05) is 5.41 Å². The molecule has 0 amide bonds. The van der Waals surface area contributed by atoms with Crippen LogP contribution in [0.3, 0.4) is 0 Å². The molecule has 0 saturated carbocycles. The van der Waals surface area contributed by atoms with Gasteiger partial charge in [-0.25, -0.2) is 0 Å². The summed E-state index contributed by atoms with van der Waals surface area (Å²) < 4.78 is 0. The van der Waals surface area contributed by atoms with E-state index in [0.717, 1.165) is 6.42 Å². The normalized spacial score (nSPS) is 10.7. The SMILES string of the molecule is C=C=C(N)C(C)(C)CCN. The highest BCUT2D eigenvalue weighted by Gasteiger charge is 2.19. The third kappa shape index (κ3) is 2.26. The van der Waals surface area contributed by atoms with Crippen molar-refractivity contribution < 1.29 is 0 Å². The van der Waals surface area contributed by atoms with Crippen molar-refractivity contribution in [3.05, 3.63) is 18.0 Å². The maximum atomic E-state index is 5.62. The summed E-state index contributed by atoms with van der Waals surface area (Å²) in [4.78, 5) is 0. The van der Waals surface area contributed by atoms with E-state index in [1.165, 1.54) is 0 Å². The fourth-order valence-corrected chi connectivity index (χ4v) is 0.735. The zero-order chi connectivity index (χ0) is 8.20. The highest BCUT2D eigenvalue weighted by Crippen LogP contribution is 2.24. The van der Waals surface area contributed by atoms with Gasteiger partial charge in [-0.1, -0.05) is 20.4 Å². The third-order valence-corrected chi connectivity index (χ3v) is 1.69. The summed E-state index contributed by atoms with van der Waals surface area (Å²) in [5, 5.41) is 0. The summed E-state index contributed by atoms with van der Waals surface area (Å²) in [6, 6.07) is 0. The van der Waals surface area contributed by atoms with Crippen molar-refractivity contribution in [2.24, 2.45) is 16.9 Å². The van der Waals surface area contributed by atoms with E-state index in [1.807, 2.05) is 13.8 Å². The standard InChI is InChI=1S/C8H16N2/c1-4-7(10)8(2,3)5-6-9/h1,5-6,9-10H2,2-3H3. The number of allylic oxidation sites excluding steroid dienone is 1. The lowest BCUT2D eigenvalue weighted by Gasteiger charge is -2.22. The van der Waals surface area contributed by atoms with Gasteiger partial charge in [0.15, 0.2) is 0 Å². The Morgan fingerprint density at radius 1 is 1.60 bits per heavy atom. The Morgan fingerprint density at radius 2 is 2.10 bits per heavy atom. The molecule has 0 aliphatic carbocycles. The Bertz CT molecular complexity index is 153. The van der Waals surface area contributed by atoms with Gasteiger partial charge in [0.05, 0.1) is 5.70 Å². The second-order valence-corrected chi connectivity index (χ2v) is 3.01. The minimum absolute atomic E-state index is 0.0451. The van der Waals surface area contributed by atoms with Gasteiger partial charge in [-0.2, -0.15) is 0 Å². The summed E-state index contributed by atoms with van der Waals surface area (Å²) in [6.45, 7) is 8.20. The van der Waals surface area contributed by atoms with Crippen LogP contribution < -0.4 is 11.5 Å². The van der Waals surface area contributed by atoms with Gasteiger partial charge in [0.2, 0.25) is 0 Å². The van der Waals surface area contributed by atoms with Crippen molar-refractivity contribution in [1.82, 2.24) is 0 Å². The third-order valence-electron chi connectivity index (χ3n) is 1.69. The Labute approximate surface area is 62.6 Å². The molecular formula is C8H16N2. The molecule has 0 saturated heterocycles. The van der Waals surface area contributed by atoms with E-state index in [2.05, 4.69) is 12.3 Å². The summed E-state index contributed by atoms with van der Waals surface area (Å²) >= 11 is 0. The molecule has 0 fully saturated rings. The van der Waals surface area contributed by atoms with Crippen molar-refractivity contribution in [3.63, 3.8) is 0 Å². The lowest BCUT2D eigenvalue weighted by molar-refractivity contribution is 0.411. The van der Waals surface area contributed by atoms with Crippen LogP contribution >= 0.6 is 0 Å². The van der Waals surface area contributed by atoms with E-state index >= 15 is 0 Å². The molecule has 2 nitrogen and oxygen atoms in total. The van der Waals surface area contributed by atoms with Crippen molar-refractivity contribution in [2.75, 3.05) is 6.54 Å². The maximum Gasteiger partial charge on any atom is 0.0563 e. The topological polar surface area (TPSA) is 52.0 Å². The Balaban J connectivity index is 4.24. The average Bonchev–Trinajstić information content (AvgIpc) is 1.86. The van der Waals surface area contributed by atoms with Crippen LogP contribution in [0.5, 0.6) is 0 Å². The van der Waals surface area contributed by atoms with Gasteiger partial charge in [0.25, 0.3) is 0 Å². The highest BCUT2D eigenvalue weighted by molar-refractivity contribution is 5.05. The van der Waals surface area contributed by atoms with Crippen molar-refractivity contribution in [2.45, 2.75) is 20.3 Å². The lowest BCUT2D eigenvalue weighted by atomic mass is 9.86. The first-order valence-corrected chi connectivity index (χ1v) is 3.40. The number of nitrogens with two attached hydrogens (primary N) is 2. The van der Waals surface area contributed by atoms with E-state index in [1.54, 1.807) is 0 Å². The smallest absolute Gasteiger partial charge is 0.0563 e. The predicted molar refractivity (Wildman–Crippen MR) is 44.3 cm³/mol. The molecule has 4 N–H and O–H groups in total. The Hall–Kier alpha value is -0.720. The fraction of sp³-hybridized carbons (Fsp3) is 0.625. The minimum atomic E-state index is -0.0451. The first kappa shape index (κ1) is 9.28. The second-order valence-electron chi connectivity index (χ2n) is 3.01. The Morgan fingerprint density at radius 3 is 2.40 bits per heavy atom. The molecule has 0 radical (unpaired) electrons. The number of hydrogen-bond donors (Lipinski definition) is 2. The van der Waals surface area contributed by atoms with Gasteiger partial charge in [-0.3, -0.25) is 0 Å². The van der Waals surface area contributed by atoms with Crippen LogP contribution in [-0.2, 0) is 0 Å². The first-order valence-electron chi connectivity index (χ1n) is 3.40. The quantitative estimate of drug-likeness (QED) is 0.574. The largest absolute Gasteiger partial charge is 0.395 e. The highest BCUT2D eigenvalue weighted by atomic mass is 14.6. The fourth-order valence-electron chi connectivity index (χ4n) is 0.735. The average molecular weight is 140 g/mol. The first-order chi connectivity index (χ1) is 4.54. The van der Waals surface area contributed by atoms with Crippen LogP contribution in [0.4, 0.5) is 0 Å². The van der Waals surface area contributed by atoms with Crippen molar-refractivity contribution in [3.8, 4) is 0 Å². The summed E-state index contributed by atoms with van der Waals surface area (Å²) in [5.74, 6) is 0. The molecule has 0 rings (SSSR count). The molecule has 0 bridgehead atoms. The monoisotopic (exact) mass is 140 g/mol. The van der Waals surface area contributed by atoms with Crippen LogP contribution in [0.1, 0.15) is 20.3 Å². The second kappa shape index (κ2) is 3.45. The molecule has 0 aliphatic heterocycles. The number of rotatable bonds is 3. The van der Waals surface area contributed by atoms with Gasteiger partial charge in [-0.15, -0.1) is 5.73 Å². The van der Waals surface area contributed by atoms with Gasteiger partial charge < -0.3 is 11.5 Å². The Kier molecular flexibility index (Phi) is 3.20. The molecule has 0 heterocycles. The molecule has 0 aromatic carbocycles. The molecule has 0 aromatic rings. The predicted octanol–water partition coefficient (Wildman–Crippen LogP) is 0.989. The molecule has 58 valence electrons.